The van der Waals surface area contributed by atoms with E-state index in [-0.39, 0.29) is 11.9 Å². The summed E-state index contributed by atoms with van der Waals surface area (Å²) in [5.74, 6) is 0.114. The maximum absolute atomic E-state index is 12.5. The Morgan fingerprint density at radius 1 is 1.25 bits per heavy atom. The van der Waals surface area contributed by atoms with Crippen LogP contribution < -0.4 is 5.73 Å². The Balaban J connectivity index is 2.71. The largest absolute Gasteiger partial charge is 0.416 e. The van der Waals surface area contributed by atoms with E-state index in [4.69, 9.17) is 11.1 Å². The smallest absolute Gasteiger partial charge is 0.388 e. The summed E-state index contributed by atoms with van der Waals surface area (Å²) in [6, 6.07) is 5.41. The molecule has 0 saturated heterocycles. The fourth-order valence-corrected chi connectivity index (χ4v) is 1.82. The van der Waals surface area contributed by atoms with E-state index in [1.807, 2.05) is 13.8 Å². The van der Waals surface area contributed by atoms with Crippen molar-refractivity contribution in [3.05, 3.63) is 35.4 Å². The molecule has 0 saturated carbocycles. The van der Waals surface area contributed by atoms with E-state index in [1.165, 1.54) is 12.1 Å². The fraction of sp³-hybridized carbons (Fsp3) is 0.500. The second-order valence-corrected chi connectivity index (χ2v) is 5.03. The molecule has 0 bridgehead atoms. The van der Waals surface area contributed by atoms with Crippen LogP contribution in [0.3, 0.4) is 0 Å². The Morgan fingerprint density at radius 2 is 1.80 bits per heavy atom. The molecule has 0 fully saturated rings. The lowest BCUT2D eigenvalue weighted by Crippen LogP contribution is -2.33. The molecule has 1 rings (SSSR count). The summed E-state index contributed by atoms with van der Waals surface area (Å²) in [5, 5.41) is 7.23. The van der Waals surface area contributed by atoms with Gasteiger partial charge in [0.25, 0.3) is 0 Å². The summed E-state index contributed by atoms with van der Waals surface area (Å²) in [5.41, 5.74) is 5.51. The van der Waals surface area contributed by atoms with E-state index < -0.39 is 11.7 Å². The lowest BCUT2D eigenvalue weighted by molar-refractivity contribution is -0.137. The topological polar surface area (TPSA) is 53.1 Å². The number of hydrogen-bond acceptors (Lipinski definition) is 2. The van der Waals surface area contributed by atoms with Crippen LogP contribution >= 0.6 is 0 Å². The van der Waals surface area contributed by atoms with Gasteiger partial charge in [-0.1, -0.05) is 12.1 Å². The van der Waals surface area contributed by atoms with E-state index in [0.717, 1.165) is 17.7 Å². The zero-order valence-electron chi connectivity index (χ0n) is 11.7. The van der Waals surface area contributed by atoms with Crippen molar-refractivity contribution >= 4 is 5.84 Å². The van der Waals surface area contributed by atoms with Gasteiger partial charge in [0, 0.05) is 25.6 Å². The van der Waals surface area contributed by atoms with Crippen LogP contribution in [0.5, 0.6) is 0 Å². The number of nitrogens with one attached hydrogen (secondary N) is 1. The molecule has 0 aliphatic rings. The Morgan fingerprint density at radius 3 is 2.20 bits per heavy atom. The monoisotopic (exact) mass is 287 g/mol. The van der Waals surface area contributed by atoms with Crippen molar-refractivity contribution in [1.29, 1.82) is 5.41 Å². The summed E-state index contributed by atoms with van der Waals surface area (Å²) in [4.78, 5) is 2.07. The van der Waals surface area contributed by atoms with Crippen molar-refractivity contribution in [2.75, 3.05) is 6.54 Å². The molecule has 20 heavy (non-hydrogen) atoms. The minimum Gasteiger partial charge on any atom is -0.388 e. The van der Waals surface area contributed by atoms with Crippen molar-refractivity contribution in [3.63, 3.8) is 0 Å². The van der Waals surface area contributed by atoms with Crippen LogP contribution in [-0.4, -0.2) is 23.3 Å². The molecule has 112 valence electrons. The second kappa shape index (κ2) is 6.74. The molecule has 1 aromatic rings. The van der Waals surface area contributed by atoms with Crippen molar-refractivity contribution in [3.8, 4) is 0 Å². The van der Waals surface area contributed by atoms with E-state index in [2.05, 4.69) is 4.90 Å². The molecule has 0 aliphatic carbocycles. The van der Waals surface area contributed by atoms with Crippen LogP contribution in [0.2, 0.25) is 0 Å². The highest BCUT2D eigenvalue weighted by Crippen LogP contribution is 2.29. The van der Waals surface area contributed by atoms with Gasteiger partial charge in [-0.05, 0) is 31.5 Å². The highest BCUT2D eigenvalue weighted by atomic mass is 19.4. The van der Waals surface area contributed by atoms with Gasteiger partial charge in [0.2, 0.25) is 0 Å². The molecule has 0 spiro atoms. The molecule has 0 heterocycles. The highest BCUT2D eigenvalue weighted by Gasteiger charge is 2.29. The highest BCUT2D eigenvalue weighted by molar-refractivity contribution is 5.76. The average molecular weight is 287 g/mol. The standard InChI is InChI=1S/C14H20F3N3/c1-10(2)20(8-7-13(18)19)9-11-3-5-12(6-4-11)14(15,16)17/h3-6,10H,7-9H2,1-2H3,(H3,18,19). The minimum absolute atomic E-state index is 0.114. The van der Waals surface area contributed by atoms with Crippen LogP contribution in [-0.2, 0) is 12.7 Å². The first-order valence-corrected chi connectivity index (χ1v) is 6.43. The van der Waals surface area contributed by atoms with Crippen LogP contribution in [0, 0.1) is 5.41 Å². The Labute approximate surface area is 117 Å². The molecule has 0 unspecified atom stereocenters. The molecule has 0 atom stereocenters. The zero-order valence-corrected chi connectivity index (χ0v) is 11.7. The van der Waals surface area contributed by atoms with Gasteiger partial charge in [0.15, 0.2) is 0 Å². The summed E-state index contributed by atoms with van der Waals surface area (Å²) in [6.45, 7) is 5.17. The number of nitrogens with zero attached hydrogens (tertiary/aromatic N) is 1. The molecule has 6 heteroatoms. The molecule has 0 aromatic heterocycles. The van der Waals surface area contributed by atoms with Gasteiger partial charge in [-0.15, -0.1) is 0 Å². The van der Waals surface area contributed by atoms with Gasteiger partial charge in [0.1, 0.15) is 0 Å². The Bertz CT molecular complexity index is 438. The number of amidine groups is 1. The van der Waals surface area contributed by atoms with Gasteiger partial charge < -0.3 is 5.73 Å². The van der Waals surface area contributed by atoms with E-state index in [0.29, 0.717) is 19.5 Å². The third-order valence-electron chi connectivity index (χ3n) is 3.07. The van der Waals surface area contributed by atoms with Crippen molar-refractivity contribution in [1.82, 2.24) is 4.90 Å². The fourth-order valence-electron chi connectivity index (χ4n) is 1.82. The van der Waals surface area contributed by atoms with Gasteiger partial charge in [-0.2, -0.15) is 13.2 Å². The van der Waals surface area contributed by atoms with Crippen LogP contribution in [0.25, 0.3) is 0 Å². The SMILES string of the molecule is CC(C)N(CCC(=N)N)Cc1ccc(C(F)(F)F)cc1. The first-order valence-electron chi connectivity index (χ1n) is 6.43. The van der Waals surface area contributed by atoms with Crippen LogP contribution in [0.1, 0.15) is 31.4 Å². The number of alkyl halides is 3. The summed E-state index contributed by atoms with van der Waals surface area (Å²) >= 11 is 0. The zero-order chi connectivity index (χ0) is 15.3. The number of benzene rings is 1. The van der Waals surface area contributed by atoms with E-state index in [1.54, 1.807) is 0 Å². The molecule has 3 nitrogen and oxygen atoms in total. The van der Waals surface area contributed by atoms with E-state index in [9.17, 15) is 13.2 Å². The lowest BCUT2D eigenvalue weighted by atomic mass is 10.1. The molecule has 0 radical (unpaired) electrons. The molecule has 3 N–H and O–H groups in total. The third kappa shape index (κ3) is 5.21. The number of rotatable bonds is 6. The van der Waals surface area contributed by atoms with Crippen LogP contribution in [0.4, 0.5) is 13.2 Å². The number of nitrogens with two attached hydrogens (primary N) is 1. The molecular weight excluding hydrogens is 267 g/mol. The van der Waals surface area contributed by atoms with Crippen LogP contribution in [0.15, 0.2) is 24.3 Å². The molecule has 0 aliphatic heterocycles. The molecule has 1 aromatic carbocycles. The van der Waals surface area contributed by atoms with Gasteiger partial charge in [-0.25, -0.2) is 0 Å². The van der Waals surface area contributed by atoms with Crippen molar-refractivity contribution in [2.24, 2.45) is 5.73 Å². The summed E-state index contributed by atoms with van der Waals surface area (Å²) < 4.78 is 37.4. The minimum atomic E-state index is -4.30. The van der Waals surface area contributed by atoms with Crippen molar-refractivity contribution < 1.29 is 13.2 Å². The summed E-state index contributed by atoms with van der Waals surface area (Å²) in [6.07, 6.45) is -3.84. The van der Waals surface area contributed by atoms with Crippen molar-refractivity contribution in [2.45, 2.75) is 39.0 Å². The number of halogens is 3. The van der Waals surface area contributed by atoms with Gasteiger partial charge in [-0.3, -0.25) is 10.3 Å². The maximum Gasteiger partial charge on any atom is 0.416 e. The lowest BCUT2D eigenvalue weighted by Gasteiger charge is -2.26. The first-order chi connectivity index (χ1) is 9.20. The Hall–Kier alpha value is -1.56. The first kappa shape index (κ1) is 16.5. The van der Waals surface area contributed by atoms with Gasteiger partial charge in [0.05, 0.1) is 11.4 Å². The predicted octanol–water partition coefficient (Wildman–Crippen LogP) is 3.24. The summed E-state index contributed by atoms with van der Waals surface area (Å²) in [7, 11) is 0. The molecular formula is C14H20F3N3. The maximum atomic E-state index is 12.5. The normalized spacial score (nSPS) is 12.2. The predicted molar refractivity (Wildman–Crippen MR) is 73.5 cm³/mol. The quantitative estimate of drug-likeness (QED) is 0.623. The Kier molecular flexibility index (Phi) is 5.56. The van der Waals surface area contributed by atoms with Gasteiger partial charge >= 0.3 is 6.18 Å². The average Bonchev–Trinajstić information content (AvgIpc) is 2.33. The van der Waals surface area contributed by atoms with E-state index >= 15 is 0 Å². The number of hydrogen-bond donors (Lipinski definition) is 2. The third-order valence-corrected chi connectivity index (χ3v) is 3.07. The molecule has 0 amide bonds. The second-order valence-electron chi connectivity index (χ2n) is 5.03.